The molecule has 0 spiro atoms. The number of primary amides is 1. The molecule has 3 heterocycles. The first-order valence-electron chi connectivity index (χ1n) is 37.3. The number of amides is 15. The summed E-state index contributed by atoms with van der Waals surface area (Å²) in [4.78, 5) is 232. The van der Waals surface area contributed by atoms with Crippen molar-refractivity contribution in [2.24, 2.45) is 34.8 Å². The number of H-pyrrole nitrogens is 2. The molecule has 117 heavy (non-hydrogen) atoms. The quantitative estimate of drug-likeness (QED) is 0.0154. The highest BCUT2D eigenvalue weighted by Gasteiger charge is 2.39. The van der Waals surface area contributed by atoms with Gasteiger partial charge in [0.1, 0.15) is 72.5 Å². The monoisotopic (exact) mass is 1690 g/mol. The van der Waals surface area contributed by atoms with E-state index in [4.69, 9.17) is 33.8 Å². The number of rotatable bonds is 26. The predicted octanol–water partition coefficient (Wildman–Crippen LogP) is -8.68. The van der Waals surface area contributed by atoms with Gasteiger partial charge in [0.15, 0.2) is 11.9 Å². The van der Waals surface area contributed by atoms with Crippen LogP contribution in [0.15, 0.2) is 43.0 Å². The Morgan fingerprint density at radius 1 is 0.530 bits per heavy atom. The van der Waals surface area contributed by atoms with Crippen LogP contribution in [0, 0.1) is 22.7 Å². The first kappa shape index (κ1) is 97.7. The Kier molecular flexibility index (Phi) is 41.8. The Labute approximate surface area is 679 Å². The highest BCUT2D eigenvalue weighted by atomic mass is 33.1. The summed E-state index contributed by atoms with van der Waals surface area (Å²) in [5.41, 5.74) is 23.8. The van der Waals surface area contributed by atoms with Crippen molar-refractivity contribution in [3.63, 3.8) is 0 Å². The van der Waals surface area contributed by atoms with Crippen molar-refractivity contribution in [3.05, 3.63) is 54.2 Å². The van der Waals surface area contributed by atoms with Crippen LogP contribution >= 0.6 is 21.6 Å². The SMILES string of the molecule is CC(C)CC1NC(=O)[C@H](CCCNC(=N)N)NC(=O)C(CO)NC(=O)[C@H](CCCNC(=N)N)NC(=O)CNC(=O)[C@H](CCCNC(N)=O)NC(=O)C([C@@H](C)O)NC(=O)[C@H](CO)NC(=O)C(CCC(=O)O)NC(=O)C(Cc2c[nH]c3ccccc23)NC(=O)[C@H](Cc2c[nH]cn2)NC(=O)[C@@H](N)CSSC[C@@H](C(=O)O)NC(=O)C(C(C)C)NC1=O. The molecule has 4 rings (SSSR count). The fraction of sp³-hybridized carbons (Fsp3) is 0.580. The van der Waals surface area contributed by atoms with Gasteiger partial charge < -0.3 is 144 Å². The number of aromatic amines is 2. The van der Waals surface area contributed by atoms with Gasteiger partial charge in [0.05, 0.1) is 43.9 Å². The number of aromatic nitrogens is 3. The first-order valence-corrected chi connectivity index (χ1v) is 39.8. The van der Waals surface area contributed by atoms with E-state index in [0.717, 1.165) is 28.5 Å². The Hall–Kier alpha value is -11.6. The number of urea groups is 1. The summed E-state index contributed by atoms with van der Waals surface area (Å²) >= 11 is 0. The maximum atomic E-state index is 14.8. The molecule has 0 aliphatic carbocycles. The Bertz CT molecular complexity index is 3930. The summed E-state index contributed by atoms with van der Waals surface area (Å²) in [6.07, 6.45) is -1.03. The molecule has 14 atom stereocenters. The van der Waals surface area contributed by atoms with E-state index in [1.807, 2.05) is 0 Å². The molecular weight excluding hydrogens is 1580 g/mol. The standard InChI is InChI=1S/C69H109N25O21S2/c1-32(2)21-44-61(108)93-52(33(3)4)64(111)92-49(66(113)114)30-117-116-29-38(70)54(101)87-46(23-36-25-76-31-82-36)60(107)89-45(22-35-24-80-39-12-7-6-11-37(35)39)59(106)85-43(16-17-51(99)100)58(105)91-48(28-96)63(110)94-53(34(5)97)65(112)86-40(13-10-20-79-69(75)115)55(102)81-26-50(98)83-41(14-8-18-77-67(71)72)56(103)90-47(27-95)62(109)84-42(57(104)88-44)15-9-19-78-68(73)74/h6-7,11-12,24-25,31-34,38,40-49,52-53,80,95-97H,8-10,13-23,26-30,70H2,1-5H3,(H,76,82)(H,81,102)(H,83,98)(H,84,109)(H,85,106)(H,86,112)(H,87,101)(H,88,104)(H,89,107)(H,90,103)(H,91,105)(H,92,111)(H,93,108)(H,94,110)(H,99,100)(H,113,114)(H4,71,72,77)(H4,73,74,78)(H3,75,79,115)/t34-,38+,40+,41+,42+,43?,44?,45?,46+,47?,48+,49+,52?,53?/m1/s1. The van der Waals surface area contributed by atoms with Gasteiger partial charge in [-0.2, -0.15) is 0 Å². The van der Waals surface area contributed by atoms with E-state index in [1.54, 1.807) is 38.1 Å². The smallest absolute Gasteiger partial charge is 0.327 e. The molecule has 1 aromatic carbocycles. The van der Waals surface area contributed by atoms with Crippen molar-refractivity contribution in [1.29, 1.82) is 10.8 Å². The molecule has 2 aromatic heterocycles. The lowest BCUT2D eigenvalue weighted by atomic mass is 9.99. The summed E-state index contributed by atoms with van der Waals surface area (Å²) in [6.45, 7) is 3.81. The van der Waals surface area contributed by atoms with Crippen molar-refractivity contribution < 1.29 is 102 Å². The fourth-order valence-electron chi connectivity index (χ4n) is 11.5. The van der Waals surface area contributed by atoms with E-state index in [1.165, 1.54) is 32.6 Å². The van der Waals surface area contributed by atoms with Crippen molar-refractivity contribution >= 4 is 139 Å². The van der Waals surface area contributed by atoms with Gasteiger partial charge in [-0.3, -0.25) is 77.9 Å². The number of hydrogen-bond acceptors (Lipinski definition) is 25. The molecule has 0 radical (unpaired) electrons. The fourth-order valence-corrected chi connectivity index (χ4v) is 13.7. The third-order valence-electron chi connectivity index (χ3n) is 17.7. The zero-order valence-corrected chi connectivity index (χ0v) is 66.7. The number of aliphatic hydroxyl groups is 3. The minimum absolute atomic E-state index is 0.00830. The van der Waals surface area contributed by atoms with Crippen LogP contribution in [0.3, 0.4) is 0 Å². The minimum Gasteiger partial charge on any atom is -0.481 e. The van der Waals surface area contributed by atoms with Crippen molar-refractivity contribution in [3.8, 4) is 0 Å². The van der Waals surface area contributed by atoms with Crippen LogP contribution in [0.1, 0.15) is 104 Å². The van der Waals surface area contributed by atoms with Crippen LogP contribution in [-0.4, -0.2) is 283 Å². The third kappa shape index (κ3) is 34.8. The van der Waals surface area contributed by atoms with Gasteiger partial charge >= 0.3 is 18.0 Å². The number of nitrogens with two attached hydrogens (primary N) is 4. The lowest BCUT2D eigenvalue weighted by Gasteiger charge is -2.29. The minimum atomic E-state index is -2.07. The molecule has 3 aromatic rings. The van der Waals surface area contributed by atoms with Gasteiger partial charge in [0.25, 0.3) is 0 Å². The molecule has 15 amide bonds. The van der Waals surface area contributed by atoms with Gasteiger partial charge in [-0.25, -0.2) is 14.6 Å². The van der Waals surface area contributed by atoms with E-state index in [9.17, 15) is 102 Å². The van der Waals surface area contributed by atoms with Crippen LogP contribution in [0.2, 0.25) is 0 Å². The Morgan fingerprint density at radius 3 is 1.50 bits per heavy atom. The van der Waals surface area contributed by atoms with Gasteiger partial charge in [-0.05, 0) is 81.8 Å². The first-order chi connectivity index (χ1) is 55.3. The van der Waals surface area contributed by atoms with E-state index >= 15 is 0 Å². The molecule has 1 saturated heterocycles. The number of aliphatic carboxylic acids is 2. The summed E-state index contributed by atoms with van der Waals surface area (Å²) < 4.78 is 0. The average Bonchev–Trinajstić information content (AvgIpc) is 1.70. The Balaban J connectivity index is 1.82. The van der Waals surface area contributed by atoms with E-state index < -0.39 is 230 Å². The molecule has 46 nitrogen and oxygen atoms in total. The molecule has 0 bridgehead atoms. The maximum Gasteiger partial charge on any atom is 0.327 e. The van der Waals surface area contributed by atoms with E-state index in [2.05, 4.69) is 100 Å². The van der Waals surface area contributed by atoms with Gasteiger partial charge in [-0.15, -0.1) is 0 Å². The molecule has 1 aliphatic rings. The number of aliphatic hydroxyl groups excluding tert-OH is 3. The normalized spacial score (nSPS) is 24.3. The van der Waals surface area contributed by atoms with Crippen LogP contribution in [-0.2, 0) is 84.8 Å². The number of carbonyl (C=O) groups is 16. The van der Waals surface area contributed by atoms with Crippen LogP contribution in [0.25, 0.3) is 10.9 Å². The van der Waals surface area contributed by atoms with E-state index in [0.29, 0.717) is 16.5 Å². The van der Waals surface area contributed by atoms with Gasteiger partial charge in [-0.1, -0.05) is 67.5 Å². The number of guanidine groups is 2. The molecular formula is C69H109N25O21S2. The maximum absolute atomic E-state index is 14.8. The lowest BCUT2D eigenvalue weighted by molar-refractivity contribution is -0.142. The Morgan fingerprint density at radius 2 is 0.983 bits per heavy atom. The predicted molar refractivity (Wildman–Crippen MR) is 423 cm³/mol. The highest BCUT2D eigenvalue weighted by molar-refractivity contribution is 8.76. The summed E-state index contributed by atoms with van der Waals surface area (Å²) in [7, 11) is 1.76. The molecule has 1 aliphatic heterocycles. The summed E-state index contributed by atoms with van der Waals surface area (Å²) in [5, 5.41) is 107. The third-order valence-corrected chi connectivity index (χ3v) is 20.1. The van der Waals surface area contributed by atoms with Gasteiger partial charge in [0.2, 0.25) is 76.8 Å². The zero-order valence-electron chi connectivity index (χ0n) is 65.1. The van der Waals surface area contributed by atoms with Crippen LogP contribution in [0.4, 0.5) is 4.79 Å². The number of nitrogens with one attached hydrogen (secondary N) is 20. The number of nitrogens with zero attached hydrogens (tertiary/aromatic N) is 1. The second-order valence-electron chi connectivity index (χ2n) is 28.0. The average molecular weight is 1690 g/mol. The second-order valence-corrected chi connectivity index (χ2v) is 30.6. The summed E-state index contributed by atoms with van der Waals surface area (Å²) in [5.74, 6) is -20.2. The number of hydrogen-bond donors (Lipinski definition) is 29. The molecule has 33 N–H and O–H groups in total. The number of para-hydroxylation sites is 1. The molecule has 1 fully saturated rings. The molecule has 6 unspecified atom stereocenters. The van der Waals surface area contributed by atoms with Crippen molar-refractivity contribution in [2.45, 2.75) is 190 Å². The van der Waals surface area contributed by atoms with Crippen molar-refractivity contribution in [1.82, 2.24) is 100 Å². The molecule has 0 saturated carbocycles. The number of imidazole rings is 1. The number of carbonyl (C=O) groups excluding carboxylic acids is 14. The molecule has 648 valence electrons. The van der Waals surface area contributed by atoms with Crippen LogP contribution < -0.4 is 108 Å². The summed E-state index contributed by atoms with van der Waals surface area (Å²) in [6, 6.07) is -16.3. The topological polar surface area (TPSA) is 763 Å². The molecule has 48 heteroatoms. The number of carboxylic acid groups (broad SMARTS) is 2. The van der Waals surface area contributed by atoms with Crippen molar-refractivity contribution in [2.75, 3.05) is 50.9 Å². The van der Waals surface area contributed by atoms with Crippen LogP contribution in [0.5, 0.6) is 0 Å². The largest absolute Gasteiger partial charge is 0.481 e. The van der Waals surface area contributed by atoms with E-state index in [-0.39, 0.29) is 101 Å². The second kappa shape index (κ2) is 50.0. The highest BCUT2D eigenvalue weighted by Crippen LogP contribution is 2.24. The number of fused-ring (bicyclic) bond motifs is 1. The van der Waals surface area contributed by atoms with Gasteiger partial charge in [0, 0.05) is 73.7 Å². The number of benzene rings is 1. The number of carboxylic acids is 2. The lowest BCUT2D eigenvalue weighted by Crippen LogP contribution is -2.62. The zero-order chi connectivity index (χ0) is 87.2.